The van der Waals surface area contributed by atoms with Gasteiger partial charge in [0.25, 0.3) is 5.91 Å². The summed E-state index contributed by atoms with van der Waals surface area (Å²) in [6.07, 6.45) is 1.88. The van der Waals surface area contributed by atoms with E-state index in [0.29, 0.717) is 0 Å². The van der Waals surface area contributed by atoms with Crippen molar-refractivity contribution in [1.82, 2.24) is 9.21 Å². The summed E-state index contributed by atoms with van der Waals surface area (Å²) < 4.78 is 31.8. The highest BCUT2D eigenvalue weighted by Crippen LogP contribution is 2.23. The molecule has 31 heavy (non-hydrogen) atoms. The first kappa shape index (κ1) is 23.6. The van der Waals surface area contributed by atoms with Crippen LogP contribution in [0.15, 0.2) is 53.4 Å². The number of piperazine rings is 1. The van der Waals surface area contributed by atoms with Crippen LogP contribution < -0.4 is 0 Å². The number of ether oxygens (including phenoxy) is 1. The normalized spacial score (nSPS) is 15.0. The van der Waals surface area contributed by atoms with Crippen LogP contribution in [0, 0.1) is 0 Å². The van der Waals surface area contributed by atoms with Gasteiger partial charge in [0.2, 0.25) is 10.0 Å². The maximum Gasteiger partial charge on any atom is 0.340 e. The third-order valence-electron chi connectivity index (χ3n) is 4.90. The minimum Gasteiger partial charge on any atom is -0.452 e. The lowest BCUT2D eigenvalue weighted by molar-refractivity contribution is -0.135. The Kier molecular flexibility index (Phi) is 7.99. The molecule has 1 amide bonds. The number of hydrogen-bond donors (Lipinski definition) is 0. The van der Waals surface area contributed by atoms with Crippen molar-refractivity contribution in [3.63, 3.8) is 0 Å². The fourth-order valence-corrected chi connectivity index (χ4v) is 5.33. The molecule has 0 aliphatic carbocycles. The second kappa shape index (κ2) is 10.5. The van der Waals surface area contributed by atoms with Gasteiger partial charge >= 0.3 is 5.97 Å². The molecule has 166 valence electrons. The first-order chi connectivity index (χ1) is 14.8. The zero-order valence-electron chi connectivity index (χ0n) is 17.0. The highest BCUT2D eigenvalue weighted by molar-refractivity contribution is 7.98. The summed E-state index contributed by atoms with van der Waals surface area (Å²) in [4.78, 5) is 27.1. The maximum atomic E-state index is 12.6. The van der Waals surface area contributed by atoms with Gasteiger partial charge in [-0.15, -0.1) is 11.8 Å². The molecule has 0 unspecified atom stereocenters. The van der Waals surface area contributed by atoms with Crippen molar-refractivity contribution in [2.24, 2.45) is 0 Å². The molecule has 1 heterocycles. The Morgan fingerprint density at radius 1 is 1.06 bits per heavy atom. The second-order valence-electron chi connectivity index (χ2n) is 6.94. The molecule has 1 fully saturated rings. The van der Waals surface area contributed by atoms with Gasteiger partial charge in [0.05, 0.1) is 16.3 Å². The molecule has 0 spiro atoms. The summed E-state index contributed by atoms with van der Waals surface area (Å²) in [5.74, 6) is -1.11. The van der Waals surface area contributed by atoms with Crippen molar-refractivity contribution in [3.8, 4) is 0 Å². The number of thioether (sulfide) groups is 1. The van der Waals surface area contributed by atoms with Gasteiger partial charge in [-0.3, -0.25) is 4.79 Å². The van der Waals surface area contributed by atoms with Crippen molar-refractivity contribution in [1.29, 1.82) is 0 Å². The Morgan fingerprint density at radius 3 is 2.39 bits per heavy atom. The number of carbonyl (C=O) groups excluding carboxylic acids is 2. The van der Waals surface area contributed by atoms with Gasteiger partial charge in [-0.25, -0.2) is 13.2 Å². The quantitative estimate of drug-likeness (QED) is 0.445. The molecule has 0 atom stereocenters. The molecule has 1 aliphatic heterocycles. The third-order valence-corrected chi connectivity index (χ3v) is 7.80. The average Bonchev–Trinajstić information content (AvgIpc) is 2.78. The zero-order chi connectivity index (χ0) is 22.4. The van der Waals surface area contributed by atoms with Gasteiger partial charge in [-0.1, -0.05) is 41.9 Å². The van der Waals surface area contributed by atoms with Crippen LogP contribution in [-0.2, 0) is 25.3 Å². The average molecular weight is 483 g/mol. The zero-order valence-corrected chi connectivity index (χ0v) is 19.4. The largest absolute Gasteiger partial charge is 0.452 e. The molecule has 0 N–H and O–H groups in total. The highest BCUT2D eigenvalue weighted by Gasteiger charge is 2.29. The summed E-state index contributed by atoms with van der Waals surface area (Å²) in [6, 6.07) is 14.0. The SMILES string of the molecule is CSc1ccc(Cl)c(C(=O)OCC(=O)N2CCN(S(=O)(=O)Cc3ccccc3)CC2)c1. The van der Waals surface area contributed by atoms with E-state index in [9.17, 15) is 18.0 Å². The van der Waals surface area contributed by atoms with Crippen LogP contribution in [0.25, 0.3) is 0 Å². The fraction of sp³-hybridized carbons (Fsp3) is 0.333. The maximum absolute atomic E-state index is 12.6. The van der Waals surface area contributed by atoms with Gasteiger partial charge in [-0.2, -0.15) is 4.31 Å². The van der Waals surface area contributed by atoms with E-state index >= 15 is 0 Å². The van der Waals surface area contributed by atoms with E-state index in [1.54, 1.807) is 42.5 Å². The summed E-state index contributed by atoms with van der Waals surface area (Å²) in [7, 11) is -3.47. The van der Waals surface area contributed by atoms with E-state index < -0.39 is 22.6 Å². The number of rotatable bonds is 7. The Labute approximate surface area is 191 Å². The van der Waals surface area contributed by atoms with E-state index in [1.165, 1.54) is 21.0 Å². The van der Waals surface area contributed by atoms with Gasteiger partial charge < -0.3 is 9.64 Å². The second-order valence-corrected chi connectivity index (χ2v) is 10.2. The Balaban J connectivity index is 1.51. The molecule has 7 nitrogen and oxygen atoms in total. The number of carbonyl (C=O) groups is 2. The topological polar surface area (TPSA) is 84.0 Å². The standard InChI is InChI=1S/C21H23ClN2O5S2/c1-30-17-7-8-19(22)18(13-17)21(26)29-14-20(25)23-9-11-24(12-10-23)31(27,28)15-16-5-3-2-4-6-16/h2-8,13H,9-12,14-15H2,1H3. The lowest BCUT2D eigenvalue weighted by Crippen LogP contribution is -2.51. The summed E-state index contributed by atoms with van der Waals surface area (Å²) in [6.45, 7) is 0.475. The van der Waals surface area contributed by atoms with E-state index in [-0.39, 0.29) is 48.4 Å². The van der Waals surface area contributed by atoms with Crippen LogP contribution in [-0.4, -0.2) is 68.5 Å². The Hall–Kier alpha value is -2.07. The van der Waals surface area contributed by atoms with E-state index in [0.717, 1.165) is 10.5 Å². The van der Waals surface area contributed by atoms with Crippen LogP contribution in [0.3, 0.4) is 0 Å². The molecule has 2 aromatic carbocycles. The molecule has 10 heteroatoms. The smallest absolute Gasteiger partial charge is 0.340 e. The van der Waals surface area contributed by atoms with Crippen LogP contribution in [0.5, 0.6) is 0 Å². The molecule has 0 aromatic heterocycles. The van der Waals surface area contributed by atoms with Crippen molar-refractivity contribution in [2.45, 2.75) is 10.6 Å². The first-order valence-corrected chi connectivity index (χ1v) is 12.8. The van der Waals surface area contributed by atoms with E-state index in [1.807, 2.05) is 12.3 Å². The lowest BCUT2D eigenvalue weighted by Gasteiger charge is -2.33. The monoisotopic (exact) mass is 482 g/mol. The lowest BCUT2D eigenvalue weighted by atomic mass is 10.2. The van der Waals surface area contributed by atoms with Crippen LogP contribution in [0.4, 0.5) is 0 Å². The van der Waals surface area contributed by atoms with Crippen LogP contribution in [0.1, 0.15) is 15.9 Å². The number of hydrogen-bond acceptors (Lipinski definition) is 6. The van der Waals surface area contributed by atoms with E-state index in [4.69, 9.17) is 16.3 Å². The molecule has 1 saturated heterocycles. The highest BCUT2D eigenvalue weighted by atomic mass is 35.5. The number of benzene rings is 2. The van der Waals surface area contributed by atoms with Crippen molar-refractivity contribution in [3.05, 3.63) is 64.7 Å². The molecule has 1 aliphatic rings. The number of amides is 1. The van der Waals surface area contributed by atoms with Crippen molar-refractivity contribution >= 4 is 45.3 Å². The molecule has 2 aromatic rings. The van der Waals surface area contributed by atoms with E-state index in [2.05, 4.69) is 0 Å². The predicted molar refractivity (Wildman–Crippen MR) is 121 cm³/mol. The Bertz CT molecular complexity index is 1040. The minimum atomic E-state index is -3.47. The summed E-state index contributed by atoms with van der Waals surface area (Å²) in [5, 5.41) is 0.257. The van der Waals surface area contributed by atoms with Gasteiger partial charge in [0, 0.05) is 31.1 Å². The number of halogens is 1. The number of sulfonamides is 1. The molecular formula is C21H23ClN2O5S2. The summed E-state index contributed by atoms with van der Waals surface area (Å²) >= 11 is 7.52. The van der Waals surface area contributed by atoms with Gasteiger partial charge in [0.15, 0.2) is 6.61 Å². The third kappa shape index (κ3) is 6.22. The Morgan fingerprint density at radius 2 is 1.74 bits per heavy atom. The predicted octanol–water partition coefficient (Wildman–Crippen LogP) is 2.89. The summed E-state index contributed by atoms with van der Waals surface area (Å²) in [5.41, 5.74) is 0.926. The molecule has 0 saturated carbocycles. The van der Waals surface area contributed by atoms with Gasteiger partial charge in [0.1, 0.15) is 0 Å². The number of esters is 1. The van der Waals surface area contributed by atoms with Crippen LogP contribution >= 0.6 is 23.4 Å². The molecular weight excluding hydrogens is 460 g/mol. The molecule has 0 bridgehead atoms. The molecule has 3 rings (SSSR count). The van der Waals surface area contributed by atoms with Crippen LogP contribution in [0.2, 0.25) is 5.02 Å². The molecule has 0 radical (unpaired) electrons. The minimum absolute atomic E-state index is 0.0741. The number of nitrogens with zero attached hydrogens (tertiary/aromatic N) is 2. The van der Waals surface area contributed by atoms with Crippen molar-refractivity contribution in [2.75, 3.05) is 39.0 Å². The first-order valence-electron chi connectivity index (χ1n) is 9.60. The fourth-order valence-electron chi connectivity index (χ4n) is 3.18. The van der Waals surface area contributed by atoms with Gasteiger partial charge in [-0.05, 0) is 30.0 Å². The van der Waals surface area contributed by atoms with Crippen molar-refractivity contribution < 1.29 is 22.7 Å².